The van der Waals surface area contributed by atoms with Crippen LogP contribution in [0.3, 0.4) is 0 Å². The van der Waals surface area contributed by atoms with Crippen LogP contribution in [0.5, 0.6) is 0 Å². The molecule has 21 heavy (non-hydrogen) atoms. The van der Waals surface area contributed by atoms with Crippen LogP contribution in [0.25, 0.3) is 10.4 Å². The van der Waals surface area contributed by atoms with E-state index in [0.29, 0.717) is 4.57 Å². The number of rotatable bonds is 3. The molecule has 10 nitrogen and oxygen atoms in total. The van der Waals surface area contributed by atoms with Crippen molar-refractivity contribution in [1.82, 2.24) is 9.55 Å². The highest BCUT2D eigenvalue weighted by Crippen LogP contribution is 2.39. The van der Waals surface area contributed by atoms with Gasteiger partial charge in [-0.15, -0.1) is 0 Å². The second kappa shape index (κ2) is 5.47. The lowest BCUT2D eigenvalue weighted by Gasteiger charge is -2.23. The number of hydrogen-bond donors (Lipinski definition) is 3. The van der Waals surface area contributed by atoms with E-state index in [4.69, 9.17) is 27.6 Å². The molecule has 0 unspecified atom stereocenters. The number of nitrogens with zero attached hydrogens (tertiary/aromatic N) is 5. The third-order valence-electron chi connectivity index (χ3n) is 3.01. The number of aliphatic hydroxyl groups excluding tert-OH is 2. The summed E-state index contributed by atoms with van der Waals surface area (Å²) in [7, 11) is 0. The van der Waals surface area contributed by atoms with Gasteiger partial charge in [0, 0.05) is 11.1 Å². The summed E-state index contributed by atoms with van der Waals surface area (Å²) >= 11 is 5.70. The van der Waals surface area contributed by atoms with Crippen LogP contribution in [-0.2, 0) is 4.74 Å². The van der Waals surface area contributed by atoms with Gasteiger partial charge < -0.3 is 20.7 Å². The minimum Gasteiger partial charge on any atom is -0.393 e. The van der Waals surface area contributed by atoms with Crippen LogP contribution in [0, 0.1) is 0 Å². The molecule has 2 heterocycles. The average Bonchev–Trinajstić information content (AvgIpc) is 2.69. The molecule has 0 bridgehead atoms. The van der Waals surface area contributed by atoms with Gasteiger partial charge in [-0.3, -0.25) is 4.57 Å². The van der Waals surface area contributed by atoms with Gasteiger partial charge in [0.25, 0.3) is 0 Å². The van der Waals surface area contributed by atoms with Crippen molar-refractivity contribution in [2.45, 2.75) is 24.2 Å². The number of azide groups is 1. The first-order valence-electron chi connectivity index (χ1n) is 5.57. The van der Waals surface area contributed by atoms with Gasteiger partial charge in [-0.1, -0.05) is 16.7 Å². The van der Waals surface area contributed by atoms with Crippen LogP contribution in [0.1, 0.15) is 6.23 Å². The zero-order chi connectivity index (χ0) is 15.8. The van der Waals surface area contributed by atoms with Crippen LogP contribution in [0.15, 0.2) is 16.1 Å². The van der Waals surface area contributed by atoms with Gasteiger partial charge in [0.2, 0.25) is 5.72 Å². The minimum absolute atomic E-state index is 0.134. The number of aromatic nitrogens is 2. The number of aliphatic hydroxyl groups is 2. The average molecular weight is 321 g/mol. The first-order chi connectivity index (χ1) is 9.86. The molecule has 1 aromatic heterocycles. The summed E-state index contributed by atoms with van der Waals surface area (Å²) < 4.78 is 19.9. The Hall–Kier alpha value is -1.91. The molecule has 1 aliphatic heterocycles. The topological polar surface area (TPSA) is 159 Å². The highest BCUT2D eigenvalue weighted by Gasteiger charge is 2.56. The van der Waals surface area contributed by atoms with Gasteiger partial charge >= 0.3 is 5.69 Å². The number of hydrogen-bond acceptors (Lipinski definition) is 7. The summed E-state index contributed by atoms with van der Waals surface area (Å²) in [5, 5.41) is 21.9. The van der Waals surface area contributed by atoms with Crippen LogP contribution in [0.2, 0.25) is 5.02 Å². The molecule has 1 saturated heterocycles. The van der Waals surface area contributed by atoms with Gasteiger partial charge in [-0.25, -0.2) is 9.18 Å². The third kappa shape index (κ3) is 2.41. The molecular weight excluding hydrogens is 311 g/mol. The summed E-state index contributed by atoms with van der Waals surface area (Å²) in [5.74, 6) is -0.254. The highest BCUT2D eigenvalue weighted by molar-refractivity contribution is 6.32. The molecule has 4 N–H and O–H groups in total. The number of ether oxygens (including phenoxy) is 1. The van der Waals surface area contributed by atoms with Crippen LogP contribution in [-0.4, -0.2) is 44.4 Å². The number of nitrogens with two attached hydrogens (primary N) is 1. The van der Waals surface area contributed by atoms with Crippen molar-refractivity contribution in [2.75, 3.05) is 12.3 Å². The van der Waals surface area contributed by atoms with E-state index in [0.717, 1.165) is 6.20 Å². The summed E-state index contributed by atoms with van der Waals surface area (Å²) in [6, 6.07) is 0. The molecule has 0 amide bonds. The van der Waals surface area contributed by atoms with E-state index in [1.54, 1.807) is 0 Å². The maximum Gasteiger partial charge on any atom is 0.351 e. The monoisotopic (exact) mass is 320 g/mol. The Balaban J connectivity index is 2.50. The van der Waals surface area contributed by atoms with E-state index in [-0.39, 0.29) is 10.8 Å². The van der Waals surface area contributed by atoms with Gasteiger partial charge in [-0.05, 0) is 5.53 Å². The Morgan fingerprint density at radius 1 is 1.76 bits per heavy atom. The minimum atomic E-state index is -2.24. The fourth-order valence-corrected chi connectivity index (χ4v) is 2.07. The molecule has 1 aliphatic rings. The maximum atomic E-state index is 14.2. The Morgan fingerprint density at radius 2 is 2.43 bits per heavy atom. The quantitative estimate of drug-likeness (QED) is 0.394. The largest absolute Gasteiger partial charge is 0.393 e. The summed E-state index contributed by atoms with van der Waals surface area (Å²) in [6.07, 6.45) is -4.86. The molecule has 0 aromatic carbocycles. The second-order valence-corrected chi connectivity index (χ2v) is 4.66. The maximum absolute atomic E-state index is 14.2. The van der Waals surface area contributed by atoms with E-state index in [1.807, 2.05) is 0 Å². The summed E-state index contributed by atoms with van der Waals surface area (Å²) in [5.41, 5.74) is 10.5. The highest BCUT2D eigenvalue weighted by atomic mass is 35.5. The Morgan fingerprint density at radius 3 is 3.00 bits per heavy atom. The smallest absolute Gasteiger partial charge is 0.351 e. The number of nitrogen functional groups attached to an aromatic ring is 1. The van der Waals surface area contributed by atoms with Crippen molar-refractivity contribution in [3.63, 3.8) is 0 Å². The predicted molar refractivity (Wildman–Crippen MR) is 67.9 cm³/mol. The van der Waals surface area contributed by atoms with E-state index in [9.17, 15) is 19.4 Å². The Labute approximate surface area is 121 Å². The Kier molecular flexibility index (Phi) is 4.03. The Bertz CT molecular complexity index is 664. The van der Waals surface area contributed by atoms with Crippen LogP contribution in [0.4, 0.5) is 10.2 Å². The molecular formula is C9H10ClFN6O4. The summed E-state index contributed by atoms with van der Waals surface area (Å²) in [4.78, 5) is 17.5. The lowest BCUT2D eigenvalue weighted by atomic mass is 10.1. The molecule has 1 aromatic rings. The summed E-state index contributed by atoms with van der Waals surface area (Å²) in [6.45, 7) is -0.986. The van der Waals surface area contributed by atoms with E-state index in [1.165, 1.54) is 0 Å². The standard InChI is InChI=1S/C9H10ClFN6O4/c10-3-1-17(8(20)14-6(3)12)7-4(11)5(19)9(2-18,21-7)15-16-13/h1,4-5,7,18-19H,2H2,(H2,12,14,20)/t4-,5-,7+,9+/m0/s1. The zero-order valence-electron chi connectivity index (χ0n) is 10.3. The molecule has 0 spiro atoms. The lowest BCUT2D eigenvalue weighted by molar-refractivity contribution is -0.124. The van der Waals surface area contributed by atoms with Gasteiger partial charge in [-0.2, -0.15) is 4.98 Å². The molecule has 12 heteroatoms. The van der Waals surface area contributed by atoms with Crippen LogP contribution < -0.4 is 11.4 Å². The van der Waals surface area contributed by atoms with E-state index in [2.05, 4.69) is 15.0 Å². The van der Waals surface area contributed by atoms with Crippen molar-refractivity contribution < 1.29 is 19.3 Å². The van der Waals surface area contributed by atoms with Gasteiger partial charge in [0.1, 0.15) is 11.9 Å². The molecule has 114 valence electrons. The number of alkyl halides is 1. The third-order valence-corrected chi connectivity index (χ3v) is 3.30. The zero-order valence-corrected chi connectivity index (χ0v) is 11.1. The molecule has 1 fully saturated rings. The fourth-order valence-electron chi connectivity index (χ4n) is 1.92. The second-order valence-electron chi connectivity index (χ2n) is 4.25. The lowest BCUT2D eigenvalue weighted by Crippen LogP contribution is -2.43. The first-order valence-corrected chi connectivity index (χ1v) is 5.95. The fraction of sp³-hybridized carbons (Fsp3) is 0.556. The first kappa shape index (κ1) is 15.5. The number of anilines is 1. The molecule has 0 aliphatic carbocycles. The predicted octanol–water partition coefficient (Wildman–Crippen LogP) is -0.294. The van der Waals surface area contributed by atoms with Gasteiger partial charge in [0.15, 0.2) is 12.4 Å². The van der Waals surface area contributed by atoms with Crippen molar-refractivity contribution in [3.8, 4) is 0 Å². The molecule has 4 atom stereocenters. The number of halogens is 2. The van der Waals surface area contributed by atoms with Crippen molar-refractivity contribution >= 4 is 17.4 Å². The van der Waals surface area contributed by atoms with E-state index >= 15 is 0 Å². The van der Waals surface area contributed by atoms with E-state index < -0.39 is 36.5 Å². The van der Waals surface area contributed by atoms with Gasteiger partial charge in [0.05, 0.1) is 11.6 Å². The van der Waals surface area contributed by atoms with Crippen molar-refractivity contribution in [3.05, 3.63) is 32.1 Å². The SMILES string of the molecule is [N-]=[N+]=N[C@]1(CO)O[C@@H](n2cc(Cl)c(N)nc2=O)[C@@H](F)[C@@H]1O. The van der Waals surface area contributed by atoms with Crippen LogP contribution >= 0.6 is 11.6 Å². The van der Waals surface area contributed by atoms with Crippen molar-refractivity contribution in [2.24, 2.45) is 5.11 Å². The van der Waals surface area contributed by atoms with Crippen molar-refractivity contribution in [1.29, 1.82) is 0 Å². The molecule has 0 saturated carbocycles. The normalized spacial score (nSPS) is 31.9. The molecule has 2 rings (SSSR count). The molecule has 0 radical (unpaired) electrons.